The molecule has 0 aliphatic rings. The molecule has 0 saturated heterocycles. The SMILES string of the molecule is O=P(O)(O)OP(=O)(O)[O][Au]. The summed E-state index contributed by atoms with van der Waals surface area (Å²) < 4.78 is 27.0. The Morgan fingerprint density at radius 1 is 1.20 bits per heavy atom. The van der Waals surface area contributed by atoms with Crippen LogP contribution in [-0.4, -0.2) is 14.7 Å². The molecule has 0 aromatic rings. The van der Waals surface area contributed by atoms with E-state index in [4.69, 9.17) is 14.7 Å². The molecule has 0 saturated carbocycles. The summed E-state index contributed by atoms with van der Waals surface area (Å²) in [6, 6.07) is 0. The van der Waals surface area contributed by atoms with Crippen molar-refractivity contribution in [2.45, 2.75) is 0 Å². The van der Waals surface area contributed by atoms with Crippen molar-refractivity contribution >= 4 is 15.6 Å². The van der Waals surface area contributed by atoms with Gasteiger partial charge in [-0.25, -0.2) is 0 Å². The van der Waals surface area contributed by atoms with Crippen molar-refractivity contribution in [3.05, 3.63) is 0 Å². The average Bonchev–Trinajstić information content (AvgIpc) is 1.60. The Bertz CT molecular complexity index is 190. The summed E-state index contributed by atoms with van der Waals surface area (Å²) in [5, 5.41) is 0. The van der Waals surface area contributed by atoms with Crippen LogP contribution < -0.4 is 0 Å². The van der Waals surface area contributed by atoms with Crippen molar-refractivity contribution in [1.29, 1.82) is 0 Å². The molecule has 0 aromatic carbocycles. The maximum absolute atomic E-state index is 10.2. The van der Waals surface area contributed by atoms with Gasteiger partial charge in [-0.2, -0.15) is 0 Å². The molecule has 3 N–H and O–H groups in total. The molecule has 1 unspecified atom stereocenters. The Morgan fingerprint density at radius 2 is 1.60 bits per heavy atom. The molecule has 7 nitrogen and oxygen atoms in total. The van der Waals surface area contributed by atoms with Crippen molar-refractivity contribution in [2.24, 2.45) is 0 Å². The number of rotatable bonds is 3. The van der Waals surface area contributed by atoms with Crippen molar-refractivity contribution in [1.82, 2.24) is 0 Å². The topological polar surface area (TPSA) is 113 Å². The van der Waals surface area contributed by atoms with Crippen LogP contribution in [0.1, 0.15) is 0 Å². The standard InChI is InChI=1S/Au.H4O7P2/c;1-8(2,3)7-9(4,5)6/h;(H2,1,2,3)(H2,4,5,6)/q+1;/p-1. The van der Waals surface area contributed by atoms with Crippen LogP contribution in [0.2, 0.25) is 0 Å². The van der Waals surface area contributed by atoms with Gasteiger partial charge < -0.3 is 0 Å². The molecule has 0 radical (unpaired) electrons. The Hall–Kier alpha value is 1.00. The minimum atomic E-state index is -4.95. The first-order valence-corrected chi connectivity index (χ1v) is 5.55. The zero-order valence-electron chi connectivity index (χ0n) is 4.17. The first-order chi connectivity index (χ1) is 4.27. The molecule has 10 heteroatoms. The molecule has 0 heterocycles. The van der Waals surface area contributed by atoms with Gasteiger partial charge in [0.1, 0.15) is 0 Å². The van der Waals surface area contributed by atoms with Gasteiger partial charge in [0.25, 0.3) is 0 Å². The summed E-state index contributed by atoms with van der Waals surface area (Å²) in [5.74, 6) is 0. The van der Waals surface area contributed by atoms with Gasteiger partial charge in [0.15, 0.2) is 0 Å². The van der Waals surface area contributed by atoms with E-state index in [0.717, 1.165) is 21.5 Å². The fourth-order valence-electron chi connectivity index (χ4n) is 0.144. The van der Waals surface area contributed by atoms with Crippen LogP contribution in [0.15, 0.2) is 0 Å². The summed E-state index contributed by atoms with van der Waals surface area (Å²) >= 11 is 1.16. The summed E-state index contributed by atoms with van der Waals surface area (Å²) in [4.78, 5) is 24.2. The summed E-state index contributed by atoms with van der Waals surface area (Å²) in [6.07, 6.45) is 0. The van der Waals surface area contributed by atoms with Crippen LogP contribution in [0.5, 0.6) is 0 Å². The van der Waals surface area contributed by atoms with Crippen molar-refractivity contribution in [2.75, 3.05) is 0 Å². The third-order valence-corrected chi connectivity index (χ3v) is 3.59. The Kier molecular flexibility index (Phi) is 3.96. The fourth-order valence-corrected chi connectivity index (χ4v) is 1.95. The molecule has 1 atom stereocenters. The Labute approximate surface area is 68.6 Å². The Morgan fingerprint density at radius 3 is 1.70 bits per heavy atom. The normalized spacial score (nSPS) is 18.5. The zero-order valence-corrected chi connectivity index (χ0v) is 8.13. The second kappa shape index (κ2) is 3.60. The number of hydrogen-bond acceptors (Lipinski definition) is 4. The third-order valence-electron chi connectivity index (χ3n) is 0.279. The van der Waals surface area contributed by atoms with Crippen molar-refractivity contribution in [3.8, 4) is 0 Å². The number of hydrogen-bond donors (Lipinski definition) is 3. The molecular formula is H3AuO7P2. The Balaban J connectivity index is 4.17. The molecule has 0 spiro atoms. The molecular weight excluding hydrogens is 371 g/mol. The van der Waals surface area contributed by atoms with Gasteiger partial charge in [0.05, 0.1) is 0 Å². The van der Waals surface area contributed by atoms with E-state index >= 15 is 0 Å². The fraction of sp³-hybridized carbons (Fsp3) is 0. The minimum absolute atomic E-state index is 1.16. The van der Waals surface area contributed by atoms with Gasteiger partial charge in [0.2, 0.25) is 0 Å². The van der Waals surface area contributed by atoms with E-state index in [1.54, 1.807) is 0 Å². The molecule has 0 aliphatic carbocycles. The van der Waals surface area contributed by atoms with E-state index in [-0.39, 0.29) is 0 Å². The monoisotopic (exact) mass is 374 g/mol. The summed E-state index contributed by atoms with van der Waals surface area (Å²) in [7, 11) is -9.53. The van der Waals surface area contributed by atoms with Crippen molar-refractivity contribution < 1.29 is 52.6 Å². The third kappa shape index (κ3) is 5.76. The zero-order chi connectivity index (χ0) is 8.41. The first kappa shape index (κ1) is 11.0. The average molecular weight is 374 g/mol. The van der Waals surface area contributed by atoms with E-state index in [9.17, 15) is 9.13 Å². The van der Waals surface area contributed by atoms with Gasteiger partial charge in [-0.05, 0) is 0 Å². The molecule has 0 aliphatic heterocycles. The molecule has 0 aromatic heterocycles. The molecule has 0 rings (SSSR count). The second-order valence-corrected chi connectivity index (χ2v) is 4.96. The van der Waals surface area contributed by atoms with Gasteiger partial charge in [-0.1, -0.05) is 0 Å². The van der Waals surface area contributed by atoms with E-state index < -0.39 is 15.6 Å². The van der Waals surface area contributed by atoms with Crippen LogP contribution in [0.25, 0.3) is 0 Å². The molecule has 0 amide bonds. The maximum atomic E-state index is 10.2. The molecule has 66 valence electrons. The summed E-state index contributed by atoms with van der Waals surface area (Å²) in [5.41, 5.74) is 0. The van der Waals surface area contributed by atoms with Crippen LogP contribution in [-0.2, 0) is 37.9 Å². The predicted octanol–water partition coefficient (Wildman–Crippen LogP) is -0.326. The van der Waals surface area contributed by atoms with Gasteiger partial charge in [-0.3, -0.25) is 0 Å². The molecule has 0 bridgehead atoms. The second-order valence-electron chi connectivity index (χ2n) is 1.10. The van der Waals surface area contributed by atoms with Crippen LogP contribution >= 0.6 is 15.6 Å². The summed E-state index contributed by atoms with van der Waals surface area (Å²) in [6.45, 7) is 0. The van der Waals surface area contributed by atoms with E-state index in [2.05, 4.69) is 7.34 Å². The molecule has 0 fully saturated rings. The van der Waals surface area contributed by atoms with E-state index in [1.807, 2.05) is 0 Å². The van der Waals surface area contributed by atoms with E-state index in [0.29, 0.717) is 0 Å². The van der Waals surface area contributed by atoms with Gasteiger partial charge >= 0.3 is 68.3 Å². The van der Waals surface area contributed by atoms with E-state index in [1.165, 1.54) is 0 Å². The molecule has 10 heavy (non-hydrogen) atoms. The van der Waals surface area contributed by atoms with Gasteiger partial charge in [-0.15, -0.1) is 0 Å². The first-order valence-electron chi connectivity index (χ1n) is 1.64. The van der Waals surface area contributed by atoms with Crippen molar-refractivity contribution in [3.63, 3.8) is 0 Å². The predicted molar refractivity (Wildman–Crippen MR) is 24.0 cm³/mol. The van der Waals surface area contributed by atoms with Crippen LogP contribution in [0.4, 0.5) is 0 Å². The van der Waals surface area contributed by atoms with Crippen LogP contribution in [0.3, 0.4) is 0 Å². The number of phosphoric acid groups is 2. The van der Waals surface area contributed by atoms with Gasteiger partial charge in [0, 0.05) is 0 Å². The van der Waals surface area contributed by atoms with Crippen LogP contribution in [0, 0.1) is 0 Å². The quantitative estimate of drug-likeness (QED) is 0.458.